The molecule has 0 unspecified atom stereocenters. The third kappa shape index (κ3) is 8.98. The van der Waals surface area contributed by atoms with Crippen LogP contribution in [0, 0.1) is 5.92 Å². The van der Waals surface area contributed by atoms with Crippen molar-refractivity contribution in [2.45, 2.75) is 68.0 Å². The second kappa shape index (κ2) is 16.2. The van der Waals surface area contributed by atoms with E-state index in [4.69, 9.17) is 15.6 Å². The Balaban J connectivity index is 0.000000649. The number of benzene rings is 2. The zero-order valence-electron chi connectivity index (χ0n) is 30.2. The molecule has 294 valence electrons. The number of carbonyl (C=O) groups excluding carboxylic acids is 2. The second-order valence-electron chi connectivity index (χ2n) is 14.5. The summed E-state index contributed by atoms with van der Waals surface area (Å²) in [4.78, 5) is 39.8. The van der Waals surface area contributed by atoms with Crippen molar-refractivity contribution in [3.63, 3.8) is 0 Å². The van der Waals surface area contributed by atoms with E-state index in [-0.39, 0.29) is 18.4 Å². The van der Waals surface area contributed by atoms with Crippen LogP contribution in [0.15, 0.2) is 47.4 Å². The molecule has 0 bridgehead atoms. The predicted molar refractivity (Wildman–Crippen MR) is 196 cm³/mol. The number of carboxylic acids is 1. The second-order valence-corrected chi connectivity index (χ2v) is 16.5. The summed E-state index contributed by atoms with van der Waals surface area (Å²) in [5, 5.41) is 15.1. The Hall–Kier alpha value is -4.26. The third-order valence-electron chi connectivity index (χ3n) is 10.9. The maximum absolute atomic E-state index is 13.3. The van der Waals surface area contributed by atoms with Crippen molar-refractivity contribution in [2.75, 3.05) is 62.2 Å². The maximum atomic E-state index is 13.3. The van der Waals surface area contributed by atoms with Gasteiger partial charge in [-0.15, -0.1) is 0 Å². The molecule has 4 N–H and O–H groups in total. The Labute approximate surface area is 312 Å². The van der Waals surface area contributed by atoms with Crippen LogP contribution in [0.1, 0.15) is 56.4 Å². The number of nitrogens with one attached hydrogen (secondary N) is 1. The van der Waals surface area contributed by atoms with Crippen LogP contribution in [-0.2, 0) is 26.7 Å². The zero-order chi connectivity index (χ0) is 38.8. The highest BCUT2D eigenvalue weighted by molar-refractivity contribution is 7.89. The van der Waals surface area contributed by atoms with Crippen LogP contribution in [-0.4, -0.2) is 115 Å². The smallest absolute Gasteiger partial charge is 0.475 e. The van der Waals surface area contributed by atoms with E-state index < -0.39 is 28.2 Å². The van der Waals surface area contributed by atoms with Crippen molar-refractivity contribution in [2.24, 2.45) is 18.7 Å². The van der Waals surface area contributed by atoms with Gasteiger partial charge < -0.3 is 20.6 Å². The molecule has 4 aliphatic rings. The fourth-order valence-electron chi connectivity index (χ4n) is 7.77. The number of rotatable bonds is 7. The topological polar surface area (TPSA) is 174 Å². The van der Waals surface area contributed by atoms with E-state index >= 15 is 0 Å². The highest BCUT2D eigenvalue weighted by Crippen LogP contribution is 2.35. The van der Waals surface area contributed by atoms with Crippen LogP contribution >= 0.6 is 0 Å². The first-order valence-electron chi connectivity index (χ1n) is 18.3. The lowest BCUT2D eigenvalue weighted by Crippen LogP contribution is -2.49. The average Bonchev–Trinajstić information content (AvgIpc) is 3.47. The van der Waals surface area contributed by atoms with Gasteiger partial charge in [-0.2, -0.15) is 22.6 Å². The van der Waals surface area contributed by atoms with E-state index in [1.165, 1.54) is 5.56 Å². The number of likely N-dealkylation sites (tertiary alicyclic amines) is 1. The molecule has 2 aromatic carbocycles. The van der Waals surface area contributed by atoms with E-state index in [2.05, 4.69) is 38.4 Å². The summed E-state index contributed by atoms with van der Waals surface area (Å²) in [6, 6.07) is 13.6. The summed E-state index contributed by atoms with van der Waals surface area (Å²) in [6.07, 6.45) is 1.02. The van der Waals surface area contributed by atoms with Crippen molar-refractivity contribution in [3.8, 4) is 0 Å². The van der Waals surface area contributed by atoms with Crippen LogP contribution in [0.5, 0.6) is 0 Å². The summed E-state index contributed by atoms with van der Waals surface area (Å²) in [5.74, 6) is -1.29. The monoisotopic (exact) mass is 776 g/mol. The van der Waals surface area contributed by atoms with Gasteiger partial charge in [0.2, 0.25) is 15.9 Å². The summed E-state index contributed by atoms with van der Waals surface area (Å²) < 4.78 is 61.8. The number of fused-ring (bicyclic) bond motifs is 1. The molecule has 3 aromatic rings. The van der Waals surface area contributed by atoms with E-state index in [0.29, 0.717) is 55.0 Å². The molecule has 5 heterocycles. The molecule has 4 aliphatic heterocycles. The van der Waals surface area contributed by atoms with E-state index in [0.717, 1.165) is 75.0 Å². The molecule has 0 atom stereocenters. The number of halogens is 3. The standard InChI is InChI=1S/C34H46N8O4S.C2HF3O2/c1-38-31-21-26(5-6-30(31)33(37-38)42-20-13-32(43)36-34(42)44)25-9-14-39(15-10-25)23-24-7-16-40(17-8-24)28-3-2-4-29(22-28)47(45,46)41-18-11-27(35)12-19-41;3-2(4,5)1(6)7/h2-6,21-22,24-25,27H,7-20,23,35H2,1H3,(H,36,43,44);(H,6,7). The number of nitrogens with zero attached hydrogens (tertiary/aromatic N) is 6. The zero-order valence-corrected chi connectivity index (χ0v) is 31.0. The van der Waals surface area contributed by atoms with Gasteiger partial charge in [-0.3, -0.25) is 19.7 Å². The Morgan fingerprint density at radius 2 is 1.61 bits per heavy atom. The number of aryl methyl sites for hydroxylation is 1. The normalized spacial score (nSPS) is 20.5. The van der Waals surface area contributed by atoms with Crippen LogP contribution in [0.3, 0.4) is 0 Å². The van der Waals surface area contributed by atoms with Crippen molar-refractivity contribution >= 4 is 50.3 Å². The number of anilines is 2. The number of hydrogen-bond acceptors (Lipinski definition) is 9. The first kappa shape index (κ1) is 39.4. The number of alkyl halides is 3. The fraction of sp³-hybridized carbons (Fsp3) is 0.556. The van der Waals surface area contributed by atoms with Gasteiger partial charge in [0.25, 0.3) is 0 Å². The molecular formula is C36H47F3N8O6S. The summed E-state index contributed by atoms with van der Waals surface area (Å²) in [5.41, 5.74) is 9.30. The number of nitrogens with two attached hydrogens (primary N) is 1. The number of amides is 3. The number of sulfonamides is 1. The molecule has 54 heavy (non-hydrogen) atoms. The Kier molecular flexibility index (Phi) is 11.8. The molecule has 7 rings (SSSR count). The van der Waals surface area contributed by atoms with Gasteiger partial charge in [-0.1, -0.05) is 12.1 Å². The summed E-state index contributed by atoms with van der Waals surface area (Å²) in [6.45, 7) is 6.44. The molecule has 14 nitrogen and oxygen atoms in total. The molecule has 0 radical (unpaired) electrons. The van der Waals surface area contributed by atoms with Crippen LogP contribution in [0.2, 0.25) is 0 Å². The van der Waals surface area contributed by atoms with E-state index in [1.54, 1.807) is 15.3 Å². The minimum atomic E-state index is -5.08. The lowest BCUT2D eigenvalue weighted by Gasteiger charge is -2.38. The van der Waals surface area contributed by atoms with Gasteiger partial charge in [-0.05, 0) is 99.3 Å². The molecule has 0 aliphatic carbocycles. The number of carbonyl (C=O) groups is 3. The Bertz CT molecular complexity index is 1950. The van der Waals surface area contributed by atoms with Crippen molar-refractivity contribution < 1.29 is 41.1 Å². The number of imide groups is 1. The molecule has 1 aromatic heterocycles. The summed E-state index contributed by atoms with van der Waals surface area (Å²) in [7, 11) is -1.60. The molecule has 4 fully saturated rings. The number of aromatic nitrogens is 2. The SMILES string of the molecule is Cn1nc(N2CCC(=O)NC2=O)c2ccc(C3CCN(CC4CCN(c5cccc(S(=O)(=O)N6CCC(N)CC6)c5)CC4)CC3)cc21.O=C(O)C(F)(F)F. The van der Waals surface area contributed by atoms with Gasteiger partial charge >= 0.3 is 18.2 Å². The van der Waals surface area contributed by atoms with Gasteiger partial charge in [-0.25, -0.2) is 18.0 Å². The minimum Gasteiger partial charge on any atom is -0.475 e. The van der Waals surface area contributed by atoms with Gasteiger partial charge in [0, 0.05) is 69.9 Å². The largest absolute Gasteiger partial charge is 0.490 e. The Morgan fingerprint density at radius 1 is 0.944 bits per heavy atom. The molecule has 18 heteroatoms. The molecule has 4 saturated heterocycles. The van der Waals surface area contributed by atoms with Crippen molar-refractivity contribution in [1.82, 2.24) is 24.3 Å². The van der Waals surface area contributed by atoms with Crippen LogP contribution < -0.4 is 20.9 Å². The van der Waals surface area contributed by atoms with Gasteiger partial charge in [0.1, 0.15) is 0 Å². The summed E-state index contributed by atoms with van der Waals surface area (Å²) >= 11 is 0. The lowest BCUT2D eigenvalue weighted by molar-refractivity contribution is -0.192. The molecule has 0 saturated carbocycles. The van der Waals surface area contributed by atoms with E-state index in [9.17, 15) is 31.2 Å². The minimum absolute atomic E-state index is 0.0881. The highest BCUT2D eigenvalue weighted by Gasteiger charge is 2.38. The number of piperidine rings is 3. The average molecular weight is 777 g/mol. The predicted octanol–water partition coefficient (Wildman–Crippen LogP) is 3.86. The quantitative estimate of drug-likeness (QED) is 0.320. The van der Waals surface area contributed by atoms with Crippen LogP contribution in [0.4, 0.5) is 29.5 Å². The van der Waals surface area contributed by atoms with Gasteiger partial charge in [0.05, 0.1) is 10.4 Å². The maximum Gasteiger partial charge on any atom is 0.490 e. The third-order valence-corrected chi connectivity index (χ3v) is 12.8. The van der Waals surface area contributed by atoms with Gasteiger partial charge in [0.15, 0.2) is 5.82 Å². The Morgan fingerprint density at radius 3 is 2.24 bits per heavy atom. The number of aliphatic carboxylic acids is 1. The lowest BCUT2D eigenvalue weighted by atomic mass is 9.88. The van der Waals surface area contributed by atoms with Crippen LogP contribution in [0.25, 0.3) is 10.9 Å². The number of urea groups is 1. The highest BCUT2D eigenvalue weighted by atomic mass is 32.2. The molecule has 0 spiro atoms. The fourth-order valence-corrected chi connectivity index (χ4v) is 9.28. The number of hydrogen-bond donors (Lipinski definition) is 3. The first-order chi connectivity index (χ1) is 25.6. The van der Waals surface area contributed by atoms with Crippen molar-refractivity contribution in [1.29, 1.82) is 0 Å². The number of carboxylic acid groups (broad SMARTS) is 1. The first-order valence-corrected chi connectivity index (χ1v) is 19.8. The molecule has 3 amide bonds. The van der Waals surface area contributed by atoms with E-state index in [1.807, 2.05) is 29.9 Å². The molecular weight excluding hydrogens is 730 g/mol. The van der Waals surface area contributed by atoms with Crippen molar-refractivity contribution in [3.05, 3.63) is 48.0 Å².